The zero-order valence-electron chi connectivity index (χ0n) is 10.3. The van der Waals surface area contributed by atoms with Crippen LogP contribution in [0.2, 0.25) is 0 Å². The average molecular weight is 222 g/mol. The zero-order chi connectivity index (χ0) is 11.9. The van der Waals surface area contributed by atoms with Crippen LogP contribution in [0.4, 0.5) is 0 Å². The molecule has 0 fully saturated rings. The molecule has 0 heterocycles. The number of unbranched alkanes of at least 4 members (excludes halogenated alkanes) is 1. The molecule has 0 spiro atoms. The van der Waals surface area contributed by atoms with E-state index in [1.54, 1.807) is 0 Å². The Morgan fingerprint density at radius 1 is 0.824 bits per heavy atom. The lowest BCUT2D eigenvalue weighted by molar-refractivity contribution is 0.962. The highest BCUT2D eigenvalue weighted by atomic mass is 14.0. The standard InChI is InChI=1S/C17H18/c1-2-3-5-8-15-11-13-17(14-12-15)16-9-6-4-7-10-16/h4-14H,2-3H2,1H3. The maximum absolute atomic E-state index is 2.23. The van der Waals surface area contributed by atoms with Crippen molar-refractivity contribution in [1.29, 1.82) is 0 Å². The van der Waals surface area contributed by atoms with Crippen LogP contribution in [-0.4, -0.2) is 0 Å². The quantitative estimate of drug-likeness (QED) is 0.669. The minimum absolute atomic E-state index is 1.15. The molecule has 0 amide bonds. The van der Waals surface area contributed by atoms with E-state index in [-0.39, 0.29) is 0 Å². The fourth-order valence-corrected chi connectivity index (χ4v) is 1.80. The summed E-state index contributed by atoms with van der Waals surface area (Å²) in [4.78, 5) is 0. The summed E-state index contributed by atoms with van der Waals surface area (Å²) in [7, 11) is 0. The van der Waals surface area contributed by atoms with Gasteiger partial charge in [0.2, 0.25) is 0 Å². The van der Waals surface area contributed by atoms with Crippen molar-refractivity contribution in [3.8, 4) is 11.1 Å². The maximum Gasteiger partial charge on any atom is -0.0184 e. The highest BCUT2D eigenvalue weighted by Gasteiger charge is 1.95. The first-order valence-electron chi connectivity index (χ1n) is 6.22. The SMILES string of the molecule is CCCC=Cc1ccc(-c2ccccc2)cc1. The van der Waals surface area contributed by atoms with E-state index in [2.05, 4.69) is 67.6 Å². The molecule has 0 radical (unpaired) electrons. The molecule has 0 saturated carbocycles. The van der Waals surface area contributed by atoms with Crippen LogP contribution in [0, 0.1) is 0 Å². The molecule has 0 heteroatoms. The molecule has 86 valence electrons. The van der Waals surface area contributed by atoms with E-state index < -0.39 is 0 Å². The minimum atomic E-state index is 1.15. The first kappa shape index (κ1) is 11.7. The summed E-state index contributed by atoms with van der Waals surface area (Å²) in [6.45, 7) is 2.20. The Morgan fingerprint density at radius 2 is 1.47 bits per heavy atom. The fourth-order valence-electron chi connectivity index (χ4n) is 1.80. The Bertz CT molecular complexity index is 463. The molecular weight excluding hydrogens is 204 g/mol. The Balaban J connectivity index is 2.13. The van der Waals surface area contributed by atoms with Crippen molar-refractivity contribution in [2.75, 3.05) is 0 Å². The lowest BCUT2D eigenvalue weighted by Crippen LogP contribution is -1.77. The lowest BCUT2D eigenvalue weighted by Gasteiger charge is -2.01. The van der Waals surface area contributed by atoms with E-state index in [0.29, 0.717) is 0 Å². The summed E-state index contributed by atoms with van der Waals surface area (Å²) in [5.41, 5.74) is 3.83. The number of allylic oxidation sites excluding steroid dienone is 1. The molecule has 0 N–H and O–H groups in total. The summed E-state index contributed by atoms with van der Waals surface area (Å²) in [5, 5.41) is 0. The van der Waals surface area contributed by atoms with Gasteiger partial charge in [0.05, 0.1) is 0 Å². The smallest absolute Gasteiger partial charge is 0.0184 e. The van der Waals surface area contributed by atoms with Gasteiger partial charge >= 0.3 is 0 Å². The predicted molar refractivity (Wildman–Crippen MR) is 75.8 cm³/mol. The lowest BCUT2D eigenvalue weighted by atomic mass is 10.0. The molecule has 2 aromatic carbocycles. The number of hydrogen-bond acceptors (Lipinski definition) is 0. The van der Waals surface area contributed by atoms with E-state index in [9.17, 15) is 0 Å². The third kappa shape index (κ3) is 3.32. The molecule has 2 rings (SSSR count). The Labute approximate surface area is 104 Å². The van der Waals surface area contributed by atoms with Gasteiger partial charge in [-0.05, 0) is 23.1 Å². The van der Waals surface area contributed by atoms with Crippen molar-refractivity contribution >= 4 is 6.08 Å². The second kappa shape index (κ2) is 6.05. The van der Waals surface area contributed by atoms with Gasteiger partial charge in [-0.15, -0.1) is 0 Å². The molecule has 0 aromatic heterocycles. The molecule has 2 aromatic rings. The minimum Gasteiger partial charge on any atom is -0.0840 e. The Morgan fingerprint density at radius 3 is 2.12 bits per heavy atom. The van der Waals surface area contributed by atoms with Crippen LogP contribution in [0.3, 0.4) is 0 Å². The maximum atomic E-state index is 2.23. The number of rotatable bonds is 4. The van der Waals surface area contributed by atoms with Gasteiger partial charge in [-0.25, -0.2) is 0 Å². The van der Waals surface area contributed by atoms with Crippen LogP contribution < -0.4 is 0 Å². The van der Waals surface area contributed by atoms with Crippen molar-refractivity contribution in [3.63, 3.8) is 0 Å². The third-order valence-corrected chi connectivity index (χ3v) is 2.78. The van der Waals surface area contributed by atoms with Gasteiger partial charge in [-0.2, -0.15) is 0 Å². The van der Waals surface area contributed by atoms with Gasteiger partial charge in [-0.3, -0.25) is 0 Å². The van der Waals surface area contributed by atoms with E-state index >= 15 is 0 Å². The zero-order valence-corrected chi connectivity index (χ0v) is 10.3. The molecule has 0 unspecified atom stereocenters. The topological polar surface area (TPSA) is 0 Å². The van der Waals surface area contributed by atoms with Gasteiger partial charge < -0.3 is 0 Å². The first-order chi connectivity index (χ1) is 8.40. The van der Waals surface area contributed by atoms with Crippen molar-refractivity contribution in [3.05, 3.63) is 66.2 Å². The van der Waals surface area contributed by atoms with Crippen molar-refractivity contribution in [1.82, 2.24) is 0 Å². The Hall–Kier alpha value is -1.82. The molecule has 0 nitrogen and oxygen atoms in total. The normalized spacial score (nSPS) is 10.9. The number of benzene rings is 2. The second-order valence-electron chi connectivity index (χ2n) is 4.18. The van der Waals surface area contributed by atoms with Gasteiger partial charge in [0.25, 0.3) is 0 Å². The summed E-state index contributed by atoms with van der Waals surface area (Å²) in [6, 6.07) is 19.2. The van der Waals surface area contributed by atoms with E-state index in [4.69, 9.17) is 0 Å². The largest absolute Gasteiger partial charge is 0.0840 e. The molecule has 0 saturated heterocycles. The molecule has 0 aliphatic heterocycles. The van der Waals surface area contributed by atoms with Crippen LogP contribution in [0.15, 0.2) is 60.7 Å². The Kier molecular flexibility index (Phi) is 4.15. The summed E-state index contributed by atoms with van der Waals surface area (Å²) in [5.74, 6) is 0. The number of hydrogen-bond donors (Lipinski definition) is 0. The van der Waals surface area contributed by atoms with Gasteiger partial charge in [0.15, 0.2) is 0 Å². The second-order valence-corrected chi connectivity index (χ2v) is 4.18. The molecule has 0 aliphatic carbocycles. The van der Waals surface area contributed by atoms with Crippen LogP contribution in [0.1, 0.15) is 25.3 Å². The predicted octanol–water partition coefficient (Wildman–Crippen LogP) is 5.17. The highest BCUT2D eigenvalue weighted by Crippen LogP contribution is 2.19. The summed E-state index contributed by atoms with van der Waals surface area (Å²) >= 11 is 0. The van der Waals surface area contributed by atoms with Crippen LogP contribution >= 0.6 is 0 Å². The third-order valence-electron chi connectivity index (χ3n) is 2.78. The molecular formula is C17H18. The highest BCUT2D eigenvalue weighted by molar-refractivity contribution is 5.65. The summed E-state index contributed by atoms with van der Waals surface area (Å²) in [6.07, 6.45) is 6.79. The van der Waals surface area contributed by atoms with Gasteiger partial charge in [0.1, 0.15) is 0 Å². The van der Waals surface area contributed by atoms with Crippen LogP contribution in [0.5, 0.6) is 0 Å². The van der Waals surface area contributed by atoms with Crippen LogP contribution in [-0.2, 0) is 0 Å². The van der Waals surface area contributed by atoms with E-state index in [1.807, 2.05) is 6.07 Å². The van der Waals surface area contributed by atoms with E-state index in [0.717, 1.165) is 6.42 Å². The van der Waals surface area contributed by atoms with Gasteiger partial charge in [-0.1, -0.05) is 80.1 Å². The van der Waals surface area contributed by atoms with Crippen molar-refractivity contribution in [2.24, 2.45) is 0 Å². The van der Waals surface area contributed by atoms with E-state index in [1.165, 1.54) is 23.1 Å². The molecule has 17 heavy (non-hydrogen) atoms. The molecule has 0 bridgehead atoms. The van der Waals surface area contributed by atoms with Crippen LogP contribution in [0.25, 0.3) is 17.2 Å². The fraction of sp³-hybridized carbons (Fsp3) is 0.176. The van der Waals surface area contributed by atoms with Gasteiger partial charge in [0, 0.05) is 0 Å². The first-order valence-corrected chi connectivity index (χ1v) is 6.22. The molecule has 0 atom stereocenters. The summed E-state index contributed by atoms with van der Waals surface area (Å²) < 4.78 is 0. The van der Waals surface area contributed by atoms with Crippen molar-refractivity contribution < 1.29 is 0 Å². The monoisotopic (exact) mass is 222 g/mol. The molecule has 0 aliphatic rings. The van der Waals surface area contributed by atoms with Crippen molar-refractivity contribution in [2.45, 2.75) is 19.8 Å². The average Bonchev–Trinajstić information content (AvgIpc) is 2.41.